The van der Waals surface area contributed by atoms with Crippen LogP contribution in [0.5, 0.6) is 0 Å². The molecule has 0 saturated carbocycles. The first-order valence-electron chi connectivity index (χ1n) is 9.36. The van der Waals surface area contributed by atoms with Crippen LogP contribution in [0.2, 0.25) is 0 Å². The van der Waals surface area contributed by atoms with Crippen LogP contribution in [0, 0.1) is 23.3 Å². The molecule has 0 aliphatic carbocycles. The summed E-state index contributed by atoms with van der Waals surface area (Å²) in [7, 11) is 0. The number of halogens is 4. The minimum atomic E-state index is -1.60. The fourth-order valence-corrected chi connectivity index (χ4v) is 3.29. The van der Waals surface area contributed by atoms with Crippen molar-refractivity contribution in [2.75, 3.05) is 13.2 Å². The van der Waals surface area contributed by atoms with E-state index in [0.29, 0.717) is 0 Å². The smallest absolute Gasteiger partial charge is 0.410 e. The Morgan fingerprint density at radius 2 is 1.67 bits per heavy atom. The van der Waals surface area contributed by atoms with Gasteiger partial charge in [-0.25, -0.2) is 22.4 Å². The van der Waals surface area contributed by atoms with E-state index in [1.54, 1.807) is 27.7 Å². The van der Waals surface area contributed by atoms with Gasteiger partial charge in [-0.3, -0.25) is 14.5 Å². The number of esters is 1. The zero-order valence-electron chi connectivity index (χ0n) is 17.1. The van der Waals surface area contributed by atoms with E-state index in [1.807, 2.05) is 0 Å². The summed E-state index contributed by atoms with van der Waals surface area (Å²) < 4.78 is 65.8. The summed E-state index contributed by atoms with van der Waals surface area (Å²) in [6, 6.07) is -1.20. The number of amides is 1. The Hall–Kier alpha value is -2.65. The molecule has 1 unspecified atom stereocenters. The Morgan fingerprint density at radius 3 is 2.17 bits per heavy atom. The zero-order chi connectivity index (χ0) is 22.8. The average molecular weight is 433 g/mol. The molecule has 30 heavy (non-hydrogen) atoms. The number of benzene rings is 1. The average Bonchev–Trinajstić information content (AvgIpc) is 3.04. The lowest BCUT2D eigenvalue weighted by atomic mass is 9.93. The lowest BCUT2D eigenvalue weighted by Gasteiger charge is -2.27. The first-order valence-corrected chi connectivity index (χ1v) is 9.36. The van der Waals surface area contributed by atoms with Crippen LogP contribution in [0.15, 0.2) is 6.07 Å². The molecule has 10 heteroatoms. The molecule has 1 heterocycles. The first kappa shape index (κ1) is 23.6. The number of likely N-dealkylation sites (tertiary alicyclic amines) is 1. The maximum Gasteiger partial charge on any atom is 0.410 e. The molecule has 1 aromatic carbocycles. The Labute approximate surface area is 171 Å². The van der Waals surface area contributed by atoms with Gasteiger partial charge in [0, 0.05) is 24.1 Å². The van der Waals surface area contributed by atoms with Crippen molar-refractivity contribution < 1.29 is 41.4 Å². The van der Waals surface area contributed by atoms with Crippen molar-refractivity contribution in [3.63, 3.8) is 0 Å². The summed E-state index contributed by atoms with van der Waals surface area (Å²) in [4.78, 5) is 37.8. The van der Waals surface area contributed by atoms with Gasteiger partial charge in [0.15, 0.2) is 29.1 Å². The number of hydrogen-bond acceptors (Lipinski definition) is 5. The molecule has 1 amide bonds. The molecule has 1 fully saturated rings. The fraction of sp³-hybridized carbons (Fsp3) is 0.550. The van der Waals surface area contributed by atoms with Gasteiger partial charge >= 0.3 is 12.1 Å². The SMILES string of the molecule is CCOC(=O)CC(=O)C1C[C@H](c2c(F)c(F)cc(F)c2F)CN1C(=O)OC(C)(C)C. The number of carbonyl (C=O) groups excluding carboxylic acids is 3. The molecule has 1 aliphatic heterocycles. The van der Waals surface area contributed by atoms with Gasteiger partial charge in [0.25, 0.3) is 0 Å². The van der Waals surface area contributed by atoms with Crippen LogP contribution in [-0.4, -0.2) is 47.5 Å². The van der Waals surface area contributed by atoms with Crippen molar-refractivity contribution in [3.8, 4) is 0 Å². The third kappa shape index (κ3) is 5.28. The highest BCUT2D eigenvalue weighted by Gasteiger charge is 2.44. The second kappa shape index (κ2) is 9.01. The fourth-order valence-electron chi connectivity index (χ4n) is 3.29. The quantitative estimate of drug-likeness (QED) is 0.305. The summed E-state index contributed by atoms with van der Waals surface area (Å²) in [5, 5.41) is 0. The number of Topliss-reactive ketones (excluding diaryl/α,β-unsaturated/α-hetero) is 1. The van der Waals surface area contributed by atoms with Gasteiger partial charge in [0.05, 0.1) is 12.6 Å². The van der Waals surface area contributed by atoms with Crippen LogP contribution >= 0.6 is 0 Å². The minimum absolute atomic E-state index is 0.0359. The Kier molecular flexibility index (Phi) is 7.10. The number of carbonyl (C=O) groups is 3. The molecule has 0 N–H and O–H groups in total. The van der Waals surface area contributed by atoms with Crippen molar-refractivity contribution in [2.45, 2.75) is 58.1 Å². The lowest BCUT2D eigenvalue weighted by molar-refractivity contribution is -0.146. The monoisotopic (exact) mass is 433 g/mol. The number of hydrogen-bond donors (Lipinski definition) is 0. The molecule has 2 atom stereocenters. The van der Waals surface area contributed by atoms with Gasteiger partial charge in [0.2, 0.25) is 0 Å². The number of ketones is 1. The van der Waals surface area contributed by atoms with Crippen molar-refractivity contribution in [3.05, 3.63) is 34.9 Å². The topological polar surface area (TPSA) is 72.9 Å². The summed E-state index contributed by atoms with van der Waals surface area (Å²) in [6.45, 7) is 5.89. The van der Waals surface area contributed by atoms with Crippen LogP contribution in [0.3, 0.4) is 0 Å². The largest absolute Gasteiger partial charge is 0.466 e. The summed E-state index contributed by atoms with van der Waals surface area (Å²) in [5.41, 5.74) is -1.83. The zero-order valence-corrected chi connectivity index (χ0v) is 17.1. The minimum Gasteiger partial charge on any atom is -0.466 e. The Morgan fingerprint density at radius 1 is 1.10 bits per heavy atom. The normalized spacial score (nSPS) is 19.0. The van der Waals surface area contributed by atoms with E-state index in [0.717, 1.165) is 4.90 Å². The molecule has 0 spiro atoms. The third-order valence-corrected chi connectivity index (χ3v) is 4.48. The molecule has 6 nitrogen and oxygen atoms in total. The van der Waals surface area contributed by atoms with Crippen LogP contribution in [0.1, 0.15) is 52.0 Å². The van der Waals surface area contributed by atoms with Crippen LogP contribution < -0.4 is 0 Å². The summed E-state index contributed by atoms with van der Waals surface area (Å²) in [5.74, 6) is -9.16. The number of rotatable bonds is 5. The van der Waals surface area contributed by atoms with E-state index in [1.165, 1.54) is 0 Å². The lowest BCUT2D eigenvalue weighted by Crippen LogP contribution is -2.44. The van der Waals surface area contributed by atoms with E-state index in [2.05, 4.69) is 0 Å². The van der Waals surface area contributed by atoms with Gasteiger partial charge in [-0.2, -0.15) is 0 Å². The standard InChI is InChI=1S/C20H23F4NO5/c1-5-29-15(27)8-14(26)13-6-10(9-25(13)19(28)30-20(2,3)4)16-17(23)11(21)7-12(22)18(16)24/h7,10,13H,5-6,8-9H2,1-4H3/t10-,13?/m0/s1. The molecule has 0 bridgehead atoms. The van der Waals surface area contributed by atoms with Crippen LogP contribution in [-0.2, 0) is 19.1 Å². The van der Waals surface area contributed by atoms with Crippen molar-refractivity contribution >= 4 is 17.8 Å². The van der Waals surface area contributed by atoms with Crippen molar-refractivity contribution in [1.29, 1.82) is 0 Å². The van der Waals surface area contributed by atoms with E-state index in [4.69, 9.17) is 9.47 Å². The Balaban J connectivity index is 2.38. The maximum absolute atomic E-state index is 14.3. The molecule has 1 saturated heterocycles. The molecule has 166 valence electrons. The first-order chi connectivity index (χ1) is 13.9. The summed E-state index contributed by atoms with van der Waals surface area (Å²) >= 11 is 0. The maximum atomic E-state index is 14.3. The highest BCUT2D eigenvalue weighted by atomic mass is 19.2. The van der Waals surface area contributed by atoms with Gasteiger partial charge in [-0.05, 0) is 34.1 Å². The second-order valence-electron chi connectivity index (χ2n) is 7.91. The highest BCUT2D eigenvalue weighted by molar-refractivity contribution is 6.00. The van der Waals surface area contributed by atoms with E-state index >= 15 is 0 Å². The molecule has 2 rings (SSSR count). The van der Waals surface area contributed by atoms with Gasteiger partial charge in [-0.1, -0.05) is 0 Å². The van der Waals surface area contributed by atoms with E-state index in [-0.39, 0.29) is 19.1 Å². The van der Waals surface area contributed by atoms with E-state index < -0.39 is 77.2 Å². The molecule has 0 radical (unpaired) electrons. The second-order valence-corrected chi connectivity index (χ2v) is 7.91. The molecular formula is C20H23F4NO5. The van der Waals surface area contributed by atoms with Crippen LogP contribution in [0.4, 0.5) is 22.4 Å². The third-order valence-electron chi connectivity index (χ3n) is 4.48. The summed E-state index contributed by atoms with van der Waals surface area (Å²) in [6.07, 6.45) is -1.97. The van der Waals surface area contributed by atoms with Gasteiger partial charge in [0.1, 0.15) is 12.0 Å². The number of ether oxygens (including phenoxy) is 2. The molecule has 1 aliphatic rings. The predicted octanol–water partition coefficient (Wildman–Crippen LogP) is 3.86. The Bertz CT molecular complexity index is 826. The predicted molar refractivity (Wildman–Crippen MR) is 96.6 cm³/mol. The molecule has 0 aromatic heterocycles. The van der Waals surface area contributed by atoms with E-state index in [9.17, 15) is 31.9 Å². The van der Waals surface area contributed by atoms with Crippen LogP contribution in [0.25, 0.3) is 0 Å². The molecule has 1 aromatic rings. The highest BCUT2D eigenvalue weighted by Crippen LogP contribution is 2.37. The van der Waals surface area contributed by atoms with Crippen molar-refractivity contribution in [2.24, 2.45) is 0 Å². The van der Waals surface area contributed by atoms with Gasteiger partial charge in [-0.15, -0.1) is 0 Å². The van der Waals surface area contributed by atoms with Crippen molar-refractivity contribution in [1.82, 2.24) is 4.90 Å². The van der Waals surface area contributed by atoms with Gasteiger partial charge < -0.3 is 9.47 Å². The molecular weight excluding hydrogens is 410 g/mol. The number of nitrogens with zero attached hydrogens (tertiary/aromatic N) is 1.